The van der Waals surface area contributed by atoms with E-state index in [2.05, 4.69) is 176 Å². The molecule has 0 radical (unpaired) electrons. The highest BCUT2D eigenvalue weighted by Gasteiger charge is 2.18. The van der Waals surface area contributed by atoms with E-state index in [0.29, 0.717) is 0 Å². The summed E-state index contributed by atoms with van der Waals surface area (Å²) in [5.41, 5.74) is 9.76. The monoisotopic (exact) mass is 610 g/mol. The largest absolute Gasteiger partial charge is 0.228 e. The first-order chi connectivity index (χ1) is 23.8. The Morgan fingerprint density at radius 2 is 0.729 bits per heavy atom. The van der Waals surface area contributed by atoms with Crippen LogP contribution in [0.5, 0.6) is 0 Å². The summed E-state index contributed by atoms with van der Waals surface area (Å²) in [6, 6.07) is 64.5. The first-order valence-electron chi connectivity index (χ1n) is 16.3. The van der Waals surface area contributed by atoms with Crippen molar-refractivity contribution in [1.82, 2.24) is 9.97 Å². The smallest absolute Gasteiger partial charge is 0.161 e. The fourth-order valence-corrected chi connectivity index (χ4v) is 6.86. The molecule has 0 spiro atoms. The van der Waals surface area contributed by atoms with E-state index >= 15 is 0 Å². The Morgan fingerprint density at radius 3 is 1.35 bits per heavy atom. The molecule has 1 aromatic heterocycles. The normalized spacial score (nSPS) is 11.3. The van der Waals surface area contributed by atoms with Crippen LogP contribution in [-0.4, -0.2) is 9.97 Å². The predicted molar refractivity (Wildman–Crippen MR) is 202 cm³/mol. The summed E-state index contributed by atoms with van der Waals surface area (Å²) in [4.78, 5) is 10.6. The SMILES string of the molecule is c1ccc(-c2ccc(-c3ccc(-c4cc(-c5ccccc5)nc(-c5c6ccccc6cc6ccc7ccccc7c56)n4)cc3)cc2)cc1. The minimum absolute atomic E-state index is 0.727. The zero-order chi connectivity index (χ0) is 31.9. The molecular weight excluding hydrogens is 581 g/mol. The van der Waals surface area contributed by atoms with E-state index in [1.54, 1.807) is 0 Å². The van der Waals surface area contributed by atoms with Gasteiger partial charge in [0.15, 0.2) is 5.82 Å². The first-order valence-corrected chi connectivity index (χ1v) is 16.3. The van der Waals surface area contributed by atoms with Crippen LogP contribution >= 0.6 is 0 Å². The van der Waals surface area contributed by atoms with E-state index < -0.39 is 0 Å². The van der Waals surface area contributed by atoms with Gasteiger partial charge in [-0.15, -0.1) is 0 Å². The average molecular weight is 611 g/mol. The molecule has 2 nitrogen and oxygen atoms in total. The summed E-state index contributed by atoms with van der Waals surface area (Å²) in [6.07, 6.45) is 0. The van der Waals surface area contributed by atoms with Gasteiger partial charge in [0, 0.05) is 22.1 Å². The third kappa shape index (κ3) is 5.01. The highest BCUT2D eigenvalue weighted by molar-refractivity contribution is 6.21. The minimum Gasteiger partial charge on any atom is -0.228 e. The number of rotatable bonds is 5. The average Bonchev–Trinajstić information content (AvgIpc) is 3.17. The lowest BCUT2D eigenvalue weighted by Gasteiger charge is -2.15. The van der Waals surface area contributed by atoms with Crippen LogP contribution in [-0.2, 0) is 0 Å². The van der Waals surface area contributed by atoms with Crippen molar-refractivity contribution in [2.24, 2.45) is 0 Å². The molecule has 0 aliphatic rings. The minimum atomic E-state index is 0.727. The summed E-state index contributed by atoms with van der Waals surface area (Å²) < 4.78 is 0. The Kier molecular flexibility index (Phi) is 6.84. The Labute approximate surface area is 279 Å². The van der Waals surface area contributed by atoms with E-state index in [1.807, 2.05) is 6.07 Å². The van der Waals surface area contributed by atoms with Crippen LogP contribution in [0.15, 0.2) is 182 Å². The molecular formula is C46H30N2. The molecule has 1 heterocycles. The van der Waals surface area contributed by atoms with Gasteiger partial charge in [0.25, 0.3) is 0 Å². The molecule has 0 aliphatic carbocycles. The van der Waals surface area contributed by atoms with Crippen LogP contribution < -0.4 is 0 Å². The maximum absolute atomic E-state index is 5.34. The van der Waals surface area contributed by atoms with Gasteiger partial charge in [-0.3, -0.25) is 0 Å². The summed E-state index contributed by atoms with van der Waals surface area (Å²) in [5.74, 6) is 0.727. The lowest BCUT2D eigenvalue weighted by Crippen LogP contribution is -1.98. The summed E-state index contributed by atoms with van der Waals surface area (Å²) in [5, 5.41) is 7.08. The van der Waals surface area contributed by atoms with Crippen molar-refractivity contribution >= 4 is 32.3 Å². The Hall–Kier alpha value is -6.38. The molecule has 224 valence electrons. The van der Waals surface area contributed by atoms with Crippen LogP contribution in [0.3, 0.4) is 0 Å². The van der Waals surface area contributed by atoms with Crippen molar-refractivity contribution in [1.29, 1.82) is 0 Å². The van der Waals surface area contributed by atoms with E-state index in [9.17, 15) is 0 Å². The fourth-order valence-electron chi connectivity index (χ4n) is 6.86. The van der Waals surface area contributed by atoms with Crippen molar-refractivity contribution in [2.45, 2.75) is 0 Å². The van der Waals surface area contributed by atoms with Crippen LogP contribution in [0.1, 0.15) is 0 Å². The molecule has 0 saturated carbocycles. The van der Waals surface area contributed by atoms with E-state index in [-0.39, 0.29) is 0 Å². The molecule has 9 rings (SSSR count). The number of nitrogens with zero attached hydrogens (tertiary/aromatic N) is 2. The van der Waals surface area contributed by atoms with Crippen LogP contribution in [0.25, 0.3) is 88.5 Å². The van der Waals surface area contributed by atoms with Gasteiger partial charge < -0.3 is 0 Å². The number of hydrogen-bond donors (Lipinski definition) is 0. The summed E-state index contributed by atoms with van der Waals surface area (Å²) >= 11 is 0. The number of aromatic nitrogens is 2. The maximum atomic E-state index is 5.34. The van der Waals surface area contributed by atoms with Gasteiger partial charge >= 0.3 is 0 Å². The highest BCUT2D eigenvalue weighted by atomic mass is 14.9. The van der Waals surface area contributed by atoms with Crippen LogP contribution in [0, 0.1) is 0 Å². The van der Waals surface area contributed by atoms with E-state index in [1.165, 1.54) is 49.2 Å². The second kappa shape index (κ2) is 11.8. The summed E-state index contributed by atoms with van der Waals surface area (Å²) in [7, 11) is 0. The second-order valence-corrected chi connectivity index (χ2v) is 12.2. The molecule has 0 atom stereocenters. The number of benzene rings is 8. The highest BCUT2D eigenvalue weighted by Crippen LogP contribution is 2.40. The molecule has 0 bridgehead atoms. The van der Waals surface area contributed by atoms with Gasteiger partial charge in [0.1, 0.15) is 0 Å². The molecule has 9 aromatic rings. The molecule has 48 heavy (non-hydrogen) atoms. The van der Waals surface area contributed by atoms with E-state index in [0.717, 1.165) is 39.3 Å². The van der Waals surface area contributed by atoms with Gasteiger partial charge in [-0.1, -0.05) is 170 Å². The molecule has 0 aliphatic heterocycles. The second-order valence-electron chi connectivity index (χ2n) is 12.2. The first kappa shape index (κ1) is 27.9. The lowest BCUT2D eigenvalue weighted by molar-refractivity contribution is 1.19. The molecule has 0 fully saturated rings. The van der Waals surface area contributed by atoms with Gasteiger partial charge in [-0.2, -0.15) is 0 Å². The topological polar surface area (TPSA) is 25.8 Å². The van der Waals surface area contributed by atoms with Gasteiger partial charge in [0.05, 0.1) is 11.4 Å². The fraction of sp³-hybridized carbons (Fsp3) is 0. The molecule has 2 heteroatoms. The quantitative estimate of drug-likeness (QED) is 0.143. The number of hydrogen-bond acceptors (Lipinski definition) is 2. The van der Waals surface area contributed by atoms with Crippen molar-refractivity contribution in [3.8, 4) is 56.2 Å². The van der Waals surface area contributed by atoms with Crippen LogP contribution in [0.2, 0.25) is 0 Å². The molecule has 0 unspecified atom stereocenters. The standard InChI is InChI=1S/C46H30N2/c1-3-11-31(12-4-1)32-19-21-33(22-20-32)34-23-26-37(27-24-34)43-30-42(36-14-5-2-6-15-36)47-46(48-43)45-41-18-10-8-16-38(41)29-39-28-25-35-13-7-9-17-40(35)44(39)45/h1-30H. The maximum Gasteiger partial charge on any atom is 0.161 e. The number of fused-ring (bicyclic) bond motifs is 4. The van der Waals surface area contributed by atoms with Gasteiger partial charge in [-0.05, 0) is 61.3 Å². The molecule has 0 amide bonds. The summed E-state index contributed by atoms with van der Waals surface area (Å²) in [6.45, 7) is 0. The van der Waals surface area contributed by atoms with Crippen molar-refractivity contribution in [3.63, 3.8) is 0 Å². The van der Waals surface area contributed by atoms with Crippen molar-refractivity contribution in [3.05, 3.63) is 182 Å². The molecule has 0 N–H and O–H groups in total. The van der Waals surface area contributed by atoms with Crippen LogP contribution in [0.4, 0.5) is 0 Å². The predicted octanol–water partition coefficient (Wildman–Crippen LogP) is 12.3. The Morgan fingerprint density at radius 1 is 0.292 bits per heavy atom. The van der Waals surface area contributed by atoms with E-state index in [4.69, 9.17) is 9.97 Å². The lowest BCUT2D eigenvalue weighted by atomic mass is 9.92. The Bertz CT molecular complexity index is 2570. The molecule has 0 saturated heterocycles. The third-order valence-electron chi connectivity index (χ3n) is 9.28. The van der Waals surface area contributed by atoms with Gasteiger partial charge in [0.2, 0.25) is 0 Å². The van der Waals surface area contributed by atoms with Crippen molar-refractivity contribution in [2.75, 3.05) is 0 Å². The van der Waals surface area contributed by atoms with Crippen molar-refractivity contribution < 1.29 is 0 Å². The molecule has 8 aromatic carbocycles. The third-order valence-corrected chi connectivity index (χ3v) is 9.28. The Balaban J connectivity index is 1.21. The zero-order valence-corrected chi connectivity index (χ0v) is 26.2. The zero-order valence-electron chi connectivity index (χ0n) is 26.2. The van der Waals surface area contributed by atoms with Gasteiger partial charge in [-0.25, -0.2) is 9.97 Å².